The van der Waals surface area contributed by atoms with Crippen molar-refractivity contribution < 1.29 is 13.2 Å². The van der Waals surface area contributed by atoms with E-state index in [0.29, 0.717) is 19.0 Å². The second-order valence-electron chi connectivity index (χ2n) is 7.37. The quantitative estimate of drug-likeness (QED) is 0.784. The van der Waals surface area contributed by atoms with E-state index in [1.165, 1.54) is 12.8 Å². The van der Waals surface area contributed by atoms with Crippen LogP contribution in [0.2, 0.25) is 0 Å². The number of hydrogen-bond acceptors (Lipinski definition) is 3. The molecule has 0 N–H and O–H groups in total. The van der Waals surface area contributed by atoms with Gasteiger partial charge in [0, 0.05) is 26.2 Å². The SMILES string of the molecule is O=C1N(CC2CC2)CCC12CCN(S(=O)(=O)C1CC1)CC2. The van der Waals surface area contributed by atoms with Crippen LogP contribution in [-0.4, -0.2) is 55.0 Å². The number of rotatable bonds is 4. The molecule has 21 heavy (non-hydrogen) atoms. The number of carbonyl (C=O) groups excluding carboxylic acids is 1. The van der Waals surface area contributed by atoms with Gasteiger partial charge in [-0.1, -0.05) is 0 Å². The summed E-state index contributed by atoms with van der Waals surface area (Å²) < 4.78 is 26.2. The lowest BCUT2D eigenvalue weighted by molar-refractivity contribution is -0.138. The summed E-state index contributed by atoms with van der Waals surface area (Å²) in [4.78, 5) is 14.8. The van der Waals surface area contributed by atoms with Crippen molar-refractivity contribution in [3.63, 3.8) is 0 Å². The van der Waals surface area contributed by atoms with E-state index in [-0.39, 0.29) is 10.7 Å². The molecule has 0 aromatic heterocycles. The van der Waals surface area contributed by atoms with E-state index in [0.717, 1.165) is 51.1 Å². The smallest absolute Gasteiger partial charge is 0.228 e. The summed E-state index contributed by atoms with van der Waals surface area (Å²) in [5.41, 5.74) is -0.246. The molecule has 4 rings (SSSR count). The van der Waals surface area contributed by atoms with Crippen LogP contribution in [0, 0.1) is 11.3 Å². The Morgan fingerprint density at radius 1 is 1.00 bits per heavy atom. The van der Waals surface area contributed by atoms with Gasteiger partial charge in [-0.2, -0.15) is 0 Å². The number of carbonyl (C=O) groups is 1. The molecule has 2 aliphatic carbocycles. The molecular weight excluding hydrogens is 288 g/mol. The van der Waals surface area contributed by atoms with Gasteiger partial charge < -0.3 is 4.90 Å². The third-order valence-electron chi connectivity index (χ3n) is 5.76. The average Bonchev–Trinajstić information content (AvgIpc) is 3.36. The Labute approximate surface area is 126 Å². The van der Waals surface area contributed by atoms with Gasteiger partial charge in [0.2, 0.25) is 15.9 Å². The van der Waals surface area contributed by atoms with Gasteiger partial charge in [0.05, 0.1) is 10.7 Å². The second kappa shape index (κ2) is 4.69. The zero-order chi connectivity index (χ0) is 14.7. The molecule has 2 aliphatic heterocycles. The molecule has 118 valence electrons. The highest BCUT2D eigenvalue weighted by atomic mass is 32.2. The molecule has 4 fully saturated rings. The van der Waals surface area contributed by atoms with Crippen LogP contribution in [0.15, 0.2) is 0 Å². The fraction of sp³-hybridized carbons (Fsp3) is 0.933. The molecule has 5 nitrogen and oxygen atoms in total. The van der Waals surface area contributed by atoms with Crippen LogP contribution in [0.5, 0.6) is 0 Å². The van der Waals surface area contributed by atoms with E-state index in [1.807, 2.05) is 4.90 Å². The standard InChI is InChI=1S/C15H24N2O3S/c18-14-15(5-8-16(14)11-12-1-2-12)6-9-17(10-7-15)21(19,20)13-3-4-13/h12-13H,1-11H2. The molecule has 0 unspecified atom stereocenters. The van der Waals surface area contributed by atoms with E-state index < -0.39 is 10.0 Å². The minimum Gasteiger partial charge on any atom is -0.342 e. The van der Waals surface area contributed by atoms with Gasteiger partial charge in [-0.05, 0) is 50.9 Å². The molecule has 2 saturated carbocycles. The third kappa shape index (κ3) is 2.40. The monoisotopic (exact) mass is 312 g/mol. The van der Waals surface area contributed by atoms with Crippen LogP contribution in [-0.2, 0) is 14.8 Å². The molecule has 0 bridgehead atoms. The van der Waals surface area contributed by atoms with Crippen molar-refractivity contribution in [2.75, 3.05) is 26.2 Å². The van der Waals surface area contributed by atoms with Crippen LogP contribution < -0.4 is 0 Å². The van der Waals surface area contributed by atoms with Crippen LogP contribution in [0.25, 0.3) is 0 Å². The van der Waals surface area contributed by atoms with Gasteiger partial charge in [0.1, 0.15) is 0 Å². The molecule has 2 heterocycles. The molecule has 0 atom stereocenters. The molecule has 0 aromatic carbocycles. The number of likely N-dealkylation sites (tertiary alicyclic amines) is 1. The maximum Gasteiger partial charge on any atom is 0.228 e. The Morgan fingerprint density at radius 2 is 1.62 bits per heavy atom. The zero-order valence-corrected chi connectivity index (χ0v) is 13.3. The van der Waals surface area contributed by atoms with Crippen LogP contribution in [0.1, 0.15) is 44.9 Å². The van der Waals surface area contributed by atoms with E-state index in [2.05, 4.69) is 0 Å². The van der Waals surface area contributed by atoms with Gasteiger partial charge in [0.15, 0.2) is 0 Å². The van der Waals surface area contributed by atoms with Crippen LogP contribution in [0.4, 0.5) is 0 Å². The summed E-state index contributed by atoms with van der Waals surface area (Å²) in [6.07, 6.45) is 6.54. The highest BCUT2D eigenvalue weighted by Crippen LogP contribution is 2.44. The predicted molar refractivity (Wildman–Crippen MR) is 79.1 cm³/mol. The van der Waals surface area contributed by atoms with E-state index in [4.69, 9.17) is 0 Å². The minimum absolute atomic E-state index is 0.128. The number of sulfonamides is 1. The maximum absolute atomic E-state index is 12.7. The summed E-state index contributed by atoms with van der Waals surface area (Å²) in [6, 6.07) is 0. The van der Waals surface area contributed by atoms with E-state index in [9.17, 15) is 13.2 Å². The predicted octanol–water partition coefficient (Wildman–Crippen LogP) is 1.20. The normalized spacial score (nSPS) is 30.3. The van der Waals surface area contributed by atoms with Crippen LogP contribution in [0.3, 0.4) is 0 Å². The van der Waals surface area contributed by atoms with Crippen molar-refractivity contribution >= 4 is 15.9 Å². The molecule has 1 amide bonds. The molecule has 6 heteroatoms. The van der Waals surface area contributed by atoms with E-state index in [1.54, 1.807) is 4.31 Å². The molecule has 4 aliphatic rings. The van der Waals surface area contributed by atoms with Gasteiger partial charge in [-0.15, -0.1) is 0 Å². The summed E-state index contributed by atoms with van der Waals surface area (Å²) >= 11 is 0. The lowest BCUT2D eigenvalue weighted by Crippen LogP contribution is -2.47. The second-order valence-corrected chi connectivity index (χ2v) is 9.58. The first-order chi connectivity index (χ1) is 10.0. The molecular formula is C15H24N2O3S. The lowest BCUT2D eigenvalue weighted by atomic mass is 9.77. The number of piperidine rings is 1. The summed E-state index contributed by atoms with van der Waals surface area (Å²) in [5, 5.41) is -0.128. The third-order valence-corrected chi connectivity index (χ3v) is 8.16. The molecule has 1 spiro atoms. The van der Waals surface area contributed by atoms with Gasteiger partial charge in [0.25, 0.3) is 0 Å². The lowest BCUT2D eigenvalue weighted by Gasteiger charge is -2.37. The average molecular weight is 312 g/mol. The number of hydrogen-bond donors (Lipinski definition) is 0. The van der Waals surface area contributed by atoms with Crippen molar-refractivity contribution in [2.45, 2.75) is 50.2 Å². The Bertz CT molecular complexity index is 543. The van der Waals surface area contributed by atoms with Gasteiger partial charge in [-0.3, -0.25) is 4.79 Å². The Morgan fingerprint density at radius 3 is 2.19 bits per heavy atom. The topological polar surface area (TPSA) is 57.7 Å². The molecule has 0 radical (unpaired) electrons. The minimum atomic E-state index is -3.07. The zero-order valence-electron chi connectivity index (χ0n) is 12.5. The van der Waals surface area contributed by atoms with Crippen molar-refractivity contribution in [1.82, 2.24) is 9.21 Å². The first kappa shape index (κ1) is 14.0. The van der Waals surface area contributed by atoms with Crippen molar-refractivity contribution in [3.05, 3.63) is 0 Å². The molecule has 0 aromatic rings. The van der Waals surface area contributed by atoms with E-state index >= 15 is 0 Å². The fourth-order valence-electron chi connectivity index (χ4n) is 3.89. The number of amides is 1. The van der Waals surface area contributed by atoms with Crippen molar-refractivity contribution in [2.24, 2.45) is 11.3 Å². The van der Waals surface area contributed by atoms with Gasteiger partial charge >= 0.3 is 0 Å². The highest BCUT2D eigenvalue weighted by Gasteiger charge is 2.51. The Kier molecular flexibility index (Phi) is 3.12. The first-order valence-corrected chi connectivity index (χ1v) is 9.80. The summed E-state index contributed by atoms with van der Waals surface area (Å²) in [6.45, 7) is 2.90. The maximum atomic E-state index is 12.7. The first-order valence-electron chi connectivity index (χ1n) is 8.30. The fourth-order valence-corrected chi connectivity index (χ4v) is 5.73. The molecule has 2 saturated heterocycles. The van der Waals surface area contributed by atoms with Crippen molar-refractivity contribution in [1.29, 1.82) is 0 Å². The van der Waals surface area contributed by atoms with Crippen molar-refractivity contribution in [3.8, 4) is 0 Å². The Balaban J connectivity index is 1.41. The highest BCUT2D eigenvalue weighted by molar-refractivity contribution is 7.90. The largest absolute Gasteiger partial charge is 0.342 e. The summed E-state index contributed by atoms with van der Waals surface area (Å²) in [5.74, 6) is 1.04. The summed E-state index contributed by atoms with van der Waals surface area (Å²) in [7, 11) is -3.07. The Hall–Kier alpha value is -0.620. The van der Waals surface area contributed by atoms with Crippen LogP contribution >= 0.6 is 0 Å². The number of nitrogens with zero attached hydrogens (tertiary/aromatic N) is 2. The van der Waals surface area contributed by atoms with Gasteiger partial charge in [-0.25, -0.2) is 12.7 Å².